The second-order valence-corrected chi connectivity index (χ2v) is 6.69. The van der Waals surface area contributed by atoms with Crippen molar-refractivity contribution in [3.63, 3.8) is 0 Å². The van der Waals surface area contributed by atoms with Gasteiger partial charge >= 0.3 is 0 Å². The number of aromatic nitrogens is 1. The van der Waals surface area contributed by atoms with Gasteiger partial charge in [0.2, 0.25) is 0 Å². The summed E-state index contributed by atoms with van der Waals surface area (Å²) in [6.45, 7) is 6.22. The van der Waals surface area contributed by atoms with Crippen LogP contribution in [-0.4, -0.2) is 10.9 Å². The zero-order valence-corrected chi connectivity index (χ0v) is 14.8. The molecule has 1 atom stereocenters. The second-order valence-electron chi connectivity index (χ2n) is 5.83. The van der Waals surface area contributed by atoms with E-state index in [1.807, 2.05) is 5.38 Å². The van der Waals surface area contributed by atoms with Crippen molar-refractivity contribution in [3.05, 3.63) is 58.9 Å². The van der Waals surface area contributed by atoms with Crippen LogP contribution < -0.4 is 5.32 Å². The average molecular weight is 340 g/mol. The van der Waals surface area contributed by atoms with E-state index in [0.29, 0.717) is 22.6 Å². The Hall–Kier alpha value is -2.40. The molecule has 0 radical (unpaired) electrons. The Labute approximate surface area is 145 Å². The van der Waals surface area contributed by atoms with Gasteiger partial charge in [0.15, 0.2) is 10.9 Å². The van der Waals surface area contributed by atoms with Crippen LogP contribution in [0, 0.1) is 6.92 Å². The molecule has 24 heavy (non-hydrogen) atoms. The Bertz CT molecular complexity index is 833. The smallest absolute Gasteiger partial charge is 0.293 e. The number of anilines is 1. The number of rotatable bonds is 5. The summed E-state index contributed by atoms with van der Waals surface area (Å²) in [4.78, 5) is 16.6. The summed E-state index contributed by atoms with van der Waals surface area (Å²) in [6, 6.07) is 11.9. The lowest BCUT2D eigenvalue weighted by Crippen LogP contribution is -2.10. The largest absolute Gasteiger partial charge is 0.456 e. The zero-order chi connectivity index (χ0) is 17.1. The van der Waals surface area contributed by atoms with Crippen LogP contribution in [0.15, 0.2) is 46.2 Å². The molecule has 1 N–H and O–H groups in total. The van der Waals surface area contributed by atoms with Gasteiger partial charge in [-0.3, -0.25) is 10.1 Å². The normalized spacial score (nSPS) is 12.1. The van der Waals surface area contributed by atoms with Crippen molar-refractivity contribution in [3.8, 4) is 11.3 Å². The van der Waals surface area contributed by atoms with Crippen LogP contribution in [0.2, 0.25) is 0 Å². The number of nitrogens with one attached hydrogen (secondary N) is 1. The number of thiazole rings is 1. The molecule has 3 aromatic rings. The Morgan fingerprint density at radius 3 is 2.62 bits per heavy atom. The van der Waals surface area contributed by atoms with Crippen LogP contribution in [-0.2, 0) is 0 Å². The Morgan fingerprint density at radius 2 is 2.00 bits per heavy atom. The molecule has 1 aromatic carbocycles. The topological polar surface area (TPSA) is 55.1 Å². The number of benzene rings is 1. The molecule has 124 valence electrons. The highest BCUT2D eigenvalue weighted by Crippen LogP contribution is 2.27. The van der Waals surface area contributed by atoms with Crippen LogP contribution in [0.25, 0.3) is 11.3 Å². The van der Waals surface area contributed by atoms with Crippen LogP contribution >= 0.6 is 11.3 Å². The average Bonchev–Trinajstić information content (AvgIpc) is 3.23. The number of amides is 1. The molecule has 4 nitrogen and oxygen atoms in total. The summed E-state index contributed by atoms with van der Waals surface area (Å²) in [5.74, 6) is 1.28. The van der Waals surface area contributed by atoms with Crippen molar-refractivity contribution in [1.29, 1.82) is 0 Å². The van der Waals surface area contributed by atoms with Gasteiger partial charge in [0.1, 0.15) is 5.76 Å². The molecule has 0 aliphatic heterocycles. The maximum Gasteiger partial charge on any atom is 0.293 e. The number of carbonyl (C=O) groups is 1. The molecular formula is C19H20N2O2S. The Balaban J connectivity index is 1.72. The van der Waals surface area contributed by atoms with E-state index in [2.05, 4.69) is 48.4 Å². The maximum atomic E-state index is 12.1. The van der Waals surface area contributed by atoms with E-state index < -0.39 is 0 Å². The predicted octanol–water partition coefficient (Wildman–Crippen LogP) is 5.48. The SMILES string of the molecule is CCC(C)c1ccc(-c2csc(NC(=O)c3ccc(C)o3)n2)cc1. The zero-order valence-electron chi connectivity index (χ0n) is 14.0. The first-order valence-electron chi connectivity index (χ1n) is 8.00. The second kappa shape index (κ2) is 7.01. The van der Waals surface area contributed by atoms with Crippen molar-refractivity contribution in [1.82, 2.24) is 4.98 Å². The quantitative estimate of drug-likeness (QED) is 0.669. The van der Waals surface area contributed by atoms with Gasteiger partial charge < -0.3 is 4.42 Å². The summed E-state index contributed by atoms with van der Waals surface area (Å²) < 4.78 is 5.32. The van der Waals surface area contributed by atoms with E-state index in [1.165, 1.54) is 16.9 Å². The van der Waals surface area contributed by atoms with Crippen molar-refractivity contribution in [2.24, 2.45) is 0 Å². The van der Waals surface area contributed by atoms with Crippen LogP contribution in [0.4, 0.5) is 5.13 Å². The van der Waals surface area contributed by atoms with Gasteiger partial charge in [-0.05, 0) is 37.0 Å². The molecule has 1 unspecified atom stereocenters. The van der Waals surface area contributed by atoms with Gasteiger partial charge in [0, 0.05) is 10.9 Å². The van der Waals surface area contributed by atoms with Crippen LogP contribution in [0.1, 0.15) is 48.1 Å². The number of carbonyl (C=O) groups excluding carboxylic acids is 1. The summed E-state index contributed by atoms with van der Waals surface area (Å²) in [7, 11) is 0. The highest BCUT2D eigenvalue weighted by atomic mass is 32.1. The van der Waals surface area contributed by atoms with Crippen molar-refractivity contribution >= 4 is 22.4 Å². The fraction of sp³-hybridized carbons (Fsp3) is 0.263. The number of aryl methyl sites for hydroxylation is 1. The van der Waals surface area contributed by atoms with Gasteiger partial charge in [-0.25, -0.2) is 4.98 Å². The number of hydrogen-bond donors (Lipinski definition) is 1. The van der Waals surface area contributed by atoms with Crippen molar-refractivity contribution in [2.45, 2.75) is 33.1 Å². The van der Waals surface area contributed by atoms with Gasteiger partial charge in [-0.15, -0.1) is 11.3 Å². The third kappa shape index (κ3) is 3.57. The summed E-state index contributed by atoms with van der Waals surface area (Å²) in [6.07, 6.45) is 1.12. The molecule has 0 spiro atoms. The monoisotopic (exact) mass is 340 g/mol. The maximum absolute atomic E-state index is 12.1. The van der Waals surface area contributed by atoms with E-state index in [1.54, 1.807) is 19.1 Å². The van der Waals surface area contributed by atoms with E-state index in [0.717, 1.165) is 17.7 Å². The summed E-state index contributed by atoms with van der Waals surface area (Å²) >= 11 is 1.40. The first-order chi connectivity index (χ1) is 11.6. The third-order valence-electron chi connectivity index (χ3n) is 4.08. The highest BCUT2D eigenvalue weighted by Gasteiger charge is 2.13. The molecule has 0 saturated carbocycles. The molecule has 2 aromatic heterocycles. The number of nitrogens with zero attached hydrogens (tertiary/aromatic N) is 1. The van der Waals surface area contributed by atoms with Crippen molar-refractivity contribution in [2.75, 3.05) is 5.32 Å². The molecular weight excluding hydrogens is 320 g/mol. The van der Waals surface area contributed by atoms with Crippen LogP contribution in [0.3, 0.4) is 0 Å². The van der Waals surface area contributed by atoms with Gasteiger partial charge in [0.05, 0.1) is 5.69 Å². The molecule has 3 rings (SSSR count). The van der Waals surface area contributed by atoms with E-state index in [4.69, 9.17) is 4.42 Å². The third-order valence-corrected chi connectivity index (χ3v) is 4.83. The van der Waals surface area contributed by atoms with E-state index >= 15 is 0 Å². The van der Waals surface area contributed by atoms with Gasteiger partial charge in [-0.1, -0.05) is 38.1 Å². The molecule has 0 aliphatic rings. The van der Waals surface area contributed by atoms with Gasteiger partial charge in [0.25, 0.3) is 5.91 Å². The minimum Gasteiger partial charge on any atom is -0.456 e. The highest BCUT2D eigenvalue weighted by molar-refractivity contribution is 7.14. The molecule has 0 bridgehead atoms. The summed E-state index contributed by atoms with van der Waals surface area (Å²) in [5.41, 5.74) is 3.24. The lowest BCUT2D eigenvalue weighted by Gasteiger charge is -2.08. The molecule has 0 aliphatic carbocycles. The minimum atomic E-state index is -0.281. The lowest BCUT2D eigenvalue weighted by atomic mass is 9.97. The molecule has 5 heteroatoms. The van der Waals surface area contributed by atoms with Crippen molar-refractivity contribution < 1.29 is 9.21 Å². The fourth-order valence-corrected chi connectivity index (χ4v) is 3.11. The Kier molecular flexibility index (Phi) is 4.81. The fourth-order valence-electron chi connectivity index (χ4n) is 2.40. The van der Waals surface area contributed by atoms with Crippen LogP contribution in [0.5, 0.6) is 0 Å². The molecule has 0 fully saturated rings. The number of hydrogen-bond acceptors (Lipinski definition) is 4. The lowest BCUT2D eigenvalue weighted by molar-refractivity contribution is 0.0995. The molecule has 2 heterocycles. The van der Waals surface area contributed by atoms with E-state index in [9.17, 15) is 4.79 Å². The number of furan rings is 1. The minimum absolute atomic E-state index is 0.281. The van der Waals surface area contributed by atoms with Gasteiger partial charge in [-0.2, -0.15) is 0 Å². The summed E-state index contributed by atoms with van der Waals surface area (Å²) in [5, 5.41) is 5.29. The molecule has 0 saturated heterocycles. The Morgan fingerprint density at radius 1 is 1.25 bits per heavy atom. The first-order valence-corrected chi connectivity index (χ1v) is 8.88. The first kappa shape index (κ1) is 16.5. The molecule has 1 amide bonds. The predicted molar refractivity (Wildman–Crippen MR) is 97.7 cm³/mol. The standard InChI is InChI=1S/C19H20N2O2S/c1-4-12(2)14-6-8-15(9-7-14)16-11-24-19(20-16)21-18(22)17-10-5-13(3)23-17/h5-12H,4H2,1-3H3,(H,20,21,22). The van der Waals surface area contributed by atoms with E-state index in [-0.39, 0.29) is 5.91 Å².